The molecule has 1 amide bonds. The Kier molecular flexibility index (Phi) is 7.52. The summed E-state index contributed by atoms with van der Waals surface area (Å²) in [7, 11) is 0. The lowest BCUT2D eigenvalue weighted by atomic mass is 10.0. The number of nitrogens with one attached hydrogen (secondary N) is 1. The van der Waals surface area contributed by atoms with Crippen LogP contribution in [0, 0.1) is 0 Å². The fraction of sp³-hybridized carbons (Fsp3) is 0.250. The van der Waals surface area contributed by atoms with Crippen molar-refractivity contribution in [2.45, 2.75) is 31.8 Å². The maximum Gasteiger partial charge on any atom is 0.248 e. The first kappa shape index (κ1) is 20.6. The zero-order valence-corrected chi connectivity index (χ0v) is 15.9. The second kappa shape index (κ2) is 9.85. The third-order valence-electron chi connectivity index (χ3n) is 4.07. The van der Waals surface area contributed by atoms with Crippen LogP contribution in [0.3, 0.4) is 0 Å². The van der Waals surface area contributed by atoms with Gasteiger partial charge < -0.3 is 15.6 Å². The Bertz CT molecular complexity index is 839. The van der Waals surface area contributed by atoms with Gasteiger partial charge in [-0.3, -0.25) is 4.79 Å². The van der Waals surface area contributed by atoms with Gasteiger partial charge >= 0.3 is 0 Å². The number of benzene rings is 2. The van der Waals surface area contributed by atoms with Crippen molar-refractivity contribution in [3.63, 3.8) is 0 Å². The number of hydrogen-bond donors (Lipinski definition) is 2. The van der Waals surface area contributed by atoms with Crippen molar-refractivity contribution in [1.29, 1.82) is 0 Å². The van der Waals surface area contributed by atoms with Gasteiger partial charge in [-0.1, -0.05) is 65.8 Å². The number of amides is 1. The summed E-state index contributed by atoms with van der Waals surface area (Å²) in [6, 6.07) is 18.7. The van der Waals surface area contributed by atoms with Crippen LogP contribution in [-0.4, -0.2) is 16.0 Å². The Balaban J connectivity index is 0.00000261. The predicted molar refractivity (Wildman–Crippen MR) is 105 cm³/mol. The minimum atomic E-state index is -0.373. The highest BCUT2D eigenvalue weighted by Gasteiger charge is 2.18. The highest BCUT2D eigenvalue weighted by Crippen LogP contribution is 2.16. The van der Waals surface area contributed by atoms with Gasteiger partial charge in [0.1, 0.15) is 6.04 Å². The van der Waals surface area contributed by atoms with Crippen molar-refractivity contribution < 1.29 is 9.32 Å². The standard InChI is InChI=1S/C20H22N4O2.ClH/c1-14(22-19(25)13-17(21)16-10-6-3-7-11-16)20-23-18(24-26-20)12-15-8-4-2-5-9-15;/h2-11,14,17H,12-13,21H2,1H3,(H,22,25);1H. The van der Waals surface area contributed by atoms with E-state index >= 15 is 0 Å². The van der Waals surface area contributed by atoms with Crippen LogP contribution in [0.1, 0.15) is 48.3 Å². The predicted octanol–water partition coefficient (Wildman–Crippen LogP) is 3.35. The van der Waals surface area contributed by atoms with Gasteiger partial charge in [0, 0.05) is 18.9 Å². The minimum Gasteiger partial charge on any atom is -0.345 e. The lowest BCUT2D eigenvalue weighted by Gasteiger charge is -2.14. The van der Waals surface area contributed by atoms with Gasteiger partial charge in [0.05, 0.1) is 0 Å². The molecule has 3 rings (SSSR count). The smallest absolute Gasteiger partial charge is 0.248 e. The number of rotatable bonds is 7. The molecule has 0 bridgehead atoms. The third-order valence-corrected chi connectivity index (χ3v) is 4.07. The first-order valence-corrected chi connectivity index (χ1v) is 8.58. The molecule has 1 heterocycles. The lowest BCUT2D eigenvalue weighted by molar-refractivity contribution is -0.122. The van der Waals surface area contributed by atoms with E-state index in [0.29, 0.717) is 18.1 Å². The van der Waals surface area contributed by atoms with E-state index in [1.807, 2.05) is 67.6 Å². The number of carbonyl (C=O) groups excluding carboxylic acids is 1. The molecule has 0 fully saturated rings. The maximum atomic E-state index is 12.2. The topological polar surface area (TPSA) is 94.0 Å². The Hall–Kier alpha value is -2.70. The van der Waals surface area contributed by atoms with Crippen molar-refractivity contribution in [2.75, 3.05) is 0 Å². The molecule has 2 aromatic carbocycles. The van der Waals surface area contributed by atoms with E-state index in [0.717, 1.165) is 11.1 Å². The Labute approximate surface area is 164 Å². The molecule has 6 nitrogen and oxygen atoms in total. The van der Waals surface area contributed by atoms with Crippen LogP contribution < -0.4 is 11.1 Å². The third kappa shape index (κ3) is 5.91. The van der Waals surface area contributed by atoms with E-state index < -0.39 is 0 Å². The van der Waals surface area contributed by atoms with Crippen molar-refractivity contribution >= 4 is 18.3 Å². The van der Waals surface area contributed by atoms with Crippen molar-refractivity contribution in [3.8, 4) is 0 Å². The van der Waals surface area contributed by atoms with Crippen molar-refractivity contribution in [3.05, 3.63) is 83.5 Å². The SMILES string of the molecule is CC(NC(=O)CC(N)c1ccccc1)c1nc(Cc2ccccc2)no1.Cl. The molecule has 27 heavy (non-hydrogen) atoms. The van der Waals surface area contributed by atoms with Crippen LogP contribution >= 0.6 is 12.4 Å². The van der Waals surface area contributed by atoms with E-state index in [9.17, 15) is 4.79 Å². The molecular weight excluding hydrogens is 364 g/mol. The number of hydrogen-bond acceptors (Lipinski definition) is 5. The zero-order chi connectivity index (χ0) is 18.4. The largest absolute Gasteiger partial charge is 0.345 e. The number of carbonyl (C=O) groups is 1. The summed E-state index contributed by atoms with van der Waals surface area (Å²) < 4.78 is 5.28. The lowest BCUT2D eigenvalue weighted by Crippen LogP contribution is -2.30. The van der Waals surface area contributed by atoms with Crippen LogP contribution in [0.5, 0.6) is 0 Å². The van der Waals surface area contributed by atoms with E-state index in [4.69, 9.17) is 10.3 Å². The molecule has 3 aromatic rings. The van der Waals surface area contributed by atoms with Gasteiger partial charge in [0.25, 0.3) is 0 Å². The molecule has 0 aliphatic heterocycles. The molecule has 0 saturated carbocycles. The van der Waals surface area contributed by atoms with Crippen molar-refractivity contribution in [2.24, 2.45) is 5.73 Å². The van der Waals surface area contributed by atoms with Gasteiger partial charge in [-0.15, -0.1) is 12.4 Å². The fourth-order valence-electron chi connectivity index (χ4n) is 2.67. The van der Waals surface area contributed by atoms with Gasteiger partial charge in [-0.05, 0) is 18.1 Å². The van der Waals surface area contributed by atoms with Crippen LogP contribution in [0.4, 0.5) is 0 Å². The molecule has 0 radical (unpaired) electrons. The summed E-state index contributed by atoms with van der Waals surface area (Å²) in [6.45, 7) is 1.81. The minimum absolute atomic E-state index is 0. The van der Waals surface area contributed by atoms with E-state index in [-0.39, 0.29) is 36.8 Å². The van der Waals surface area contributed by atoms with Gasteiger partial charge in [-0.2, -0.15) is 4.98 Å². The molecule has 7 heteroatoms. The summed E-state index contributed by atoms with van der Waals surface area (Å²) in [4.78, 5) is 16.6. The Morgan fingerprint density at radius 2 is 1.74 bits per heavy atom. The number of aromatic nitrogens is 2. The number of nitrogens with zero attached hydrogens (tertiary/aromatic N) is 2. The van der Waals surface area contributed by atoms with E-state index in [1.165, 1.54) is 0 Å². The van der Waals surface area contributed by atoms with Crippen LogP contribution in [0.2, 0.25) is 0 Å². The normalized spacial score (nSPS) is 12.7. The molecule has 0 saturated heterocycles. The second-order valence-corrected chi connectivity index (χ2v) is 6.22. The molecule has 0 aliphatic rings. The highest BCUT2D eigenvalue weighted by atomic mass is 35.5. The van der Waals surface area contributed by atoms with Gasteiger partial charge in [0.2, 0.25) is 11.8 Å². The summed E-state index contributed by atoms with van der Waals surface area (Å²) in [6.07, 6.45) is 0.781. The maximum absolute atomic E-state index is 12.2. The molecular formula is C20H23ClN4O2. The summed E-state index contributed by atoms with van der Waals surface area (Å²) in [5.41, 5.74) is 8.12. The highest BCUT2D eigenvalue weighted by molar-refractivity contribution is 5.85. The monoisotopic (exact) mass is 386 g/mol. The first-order valence-electron chi connectivity index (χ1n) is 8.58. The summed E-state index contributed by atoms with van der Waals surface area (Å²) in [5, 5.41) is 6.85. The van der Waals surface area contributed by atoms with Crippen LogP contribution in [0.15, 0.2) is 65.2 Å². The fourth-order valence-corrected chi connectivity index (χ4v) is 2.67. The zero-order valence-electron chi connectivity index (χ0n) is 15.0. The quantitative estimate of drug-likeness (QED) is 0.649. The van der Waals surface area contributed by atoms with Crippen LogP contribution in [0.25, 0.3) is 0 Å². The summed E-state index contributed by atoms with van der Waals surface area (Å²) >= 11 is 0. The van der Waals surface area contributed by atoms with Crippen molar-refractivity contribution in [1.82, 2.24) is 15.5 Å². The Morgan fingerprint density at radius 3 is 2.41 bits per heavy atom. The molecule has 3 N–H and O–H groups in total. The molecule has 1 aromatic heterocycles. The average molecular weight is 387 g/mol. The Morgan fingerprint density at radius 1 is 1.11 bits per heavy atom. The van der Waals surface area contributed by atoms with E-state index in [1.54, 1.807) is 0 Å². The number of nitrogens with two attached hydrogens (primary N) is 1. The van der Waals surface area contributed by atoms with Crippen LogP contribution in [-0.2, 0) is 11.2 Å². The number of halogens is 1. The molecule has 2 atom stereocenters. The first-order chi connectivity index (χ1) is 12.6. The molecule has 0 spiro atoms. The van der Waals surface area contributed by atoms with E-state index in [2.05, 4.69) is 15.5 Å². The summed E-state index contributed by atoms with van der Waals surface area (Å²) in [5.74, 6) is 0.822. The molecule has 142 valence electrons. The second-order valence-electron chi connectivity index (χ2n) is 6.22. The van der Waals surface area contributed by atoms with Gasteiger partial charge in [-0.25, -0.2) is 0 Å². The average Bonchev–Trinajstić information content (AvgIpc) is 3.12. The molecule has 0 aliphatic carbocycles. The molecule has 2 unspecified atom stereocenters. The van der Waals surface area contributed by atoms with Gasteiger partial charge in [0.15, 0.2) is 5.82 Å².